The summed E-state index contributed by atoms with van der Waals surface area (Å²) in [7, 11) is 0. The maximum atomic E-state index is 12.7. The van der Waals surface area contributed by atoms with Gasteiger partial charge in [0, 0.05) is 18.1 Å². The average molecular weight is 286 g/mol. The molecule has 1 aliphatic rings. The van der Waals surface area contributed by atoms with Crippen LogP contribution >= 0.6 is 0 Å². The second kappa shape index (κ2) is 5.74. The van der Waals surface area contributed by atoms with E-state index in [2.05, 4.69) is 0 Å². The van der Waals surface area contributed by atoms with Crippen molar-refractivity contribution in [2.45, 2.75) is 51.0 Å². The van der Waals surface area contributed by atoms with E-state index in [-0.39, 0.29) is 12.1 Å². The molecule has 1 fully saturated rings. The van der Waals surface area contributed by atoms with Crippen LogP contribution in [-0.4, -0.2) is 29.7 Å². The summed E-state index contributed by atoms with van der Waals surface area (Å²) in [6.07, 6.45) is -2.51. The van der Waals surface area contributed by atoms with Gasteiger partial charge in [-0.1, -0.05) is 29.8 Å². The number of aryl methyl sites for hydroxylation is 1. The fourth-order valence-electron chi connectivity index (χ4n) is 2.49. The maximum Gasteiger partial charge on any atom is 0.401 e. The molecule has 112 valence electrons. The van der Waals surface area contributed by atoms with Crippen LogP contribution in [0.5, 0.6) is 0 Å². The maximum absolute atomic E-state index is 12.7. The minimum absolute atomic E-state index is 0.0307. The number of nitrogens with zero attached hydrogens (tertiary/aromatic N) is 1. The quantitative estimate of drug-likeness (QED) is 0.898. The SMILES string of the molecule is Cc1ccc(C(N)C(C)N(CC(F)(F)F)C2CC2)cc1. The van der Waals surface area contributed by atoms with Crippen LogP contribution in [0.2, 0.25) is 0 Å². The van der Waals surface area contributed by atoms with Crippen molar-refractivity contribution in [3.8, 4) is 0 Å². The molecule has 0 bridgehead atoms. The molecule has 0 aliphatic heterocycles. The summed E-state index contributed by atoms with van der Waals surface area (Å²) < 4.78 is 38.1. The Morgan fingerprint density at radius 1 is 1.25 bits per heavy atom. The van der Waals surface area contributed by atoms with Gasteiger partial charge >= 0.3 is 6.18 Å². The molecule has 2 N–H and O–H groups in total. The Morgan fingerprint density at radius 3 is 2.25 bits per heavy atom. The lowest BCUT2D eigenvalue weighted by Crippen LogP contribution is -2.46. The van der Waals surface area contributed by atoms with Crippen molar-refractivity contribution in [1.29, 1.82) is 0 Å². The summed E-state index contributed by atoms with van der Waals surface area (Å²) in [5.41, 5.74) is 8.16. The first-order chi connectivity index (χ1) is 9.28. The van der Waals surface area contributed by atoms with Crippen molar-refractivity contribution in [1.82, 2.24) is 4.90 Å². The number of alkyl halides is 3. The number of rotatable bonds is 5. The highest BCUT2D eigenvalue weighted by Gasteiger charge is 2.41. The van der Waals surface area contributed by atoms with Crippen LogP contribution in [0.25, 0.3) is 0 Å². The molecule has 5 heteroatoms. The van der Waals surface area contributed by atoms with Crippen LogP contribution < -0.4 is 5.73 Å². The van der Waals surface area contributed by atoms with Gasteiger partial charge < -0.3 is 5.73 Å². The lowest BCUT2D eigenvalue weighted by molar-refractivity contribution is -0.152. The van der Waals surface area contributed by atoms with E-state index < -0.39 is 18.8 Å². The number of hydrogen-bond donors (Lipinski definition) is 1. The van der Waals surface area contributed by atoms with E-state index >= 15 is 0 Å². The monoisotopic (exact) mass is 286 g/mol. The molecule has 1 saturated carbocycles. The minimum atomic E-state index is -4.18. The van der Waals surface area contributed by atoms with Gasteiger partial charge in [0.15, 0.2) is 0 Å². The van der Waals surface area contributed by atoms with Crippen LogP contribution in [0.15, 0.2) is 24.3 Å². The molecule has 20 heavy (non-hydrogen) atoms. The third kappa shape index (κ3) is 3.96. The third-order valence-electron chi connectivity index (χ3n) is 3.88. The lowest BCUT2D eigenvalue weighted by atomic mass is 9.99. The molecule has 2 nitrogen and oxygen atoms in total. The van der Waals surface area contributed by atoms with E-state index in [4.69, 9.17) is 5.73 Å². The normalized spacial score (nSPS) is 19.1. The molecule has 0 radical (unpaired) electrons. The molecule has 0 spiro atoms. The van der Waals surface area contributed by atoms with Gasteiger partial charge in [-0.05, 0) is 32.3 Å². The first-order valence-electron chi connectivity index (χ1n) is 6.92. The van der Waals surface area contributed by atoms with Gasteiger partial charge in [-0.15, -0.1) is 0 Å². The van der Waals surface area contributed by atoms with Gasteiger partial charge in [-0.3, -0.25) is 4.90 Å². The fourth-order valence-corrected chi connectivity index (χ4v) is 2.49. The Balaban J connectivity index is 2.10. The van der Waals surface area contributed by atoms with Crippen LogP contribution in [0.3, 0.4) is 0 Å². The number of hydrogen-bond acceptors (Lipinski definition) is 2. The first-order valence-corrected chi connectivity index (χ1v) is 6.92. The molecular weight excluding hydrogens is 265 g/mol. The molecule has 0 amide bonds. The summed E-state index contributed by atoms with van der Waals surface area (Å²) in [4.78, 5) is 1.50. The molecule has 1 aromatic carbocycles. The summed E-state index contributed by atoms with van der Waals surface area (Å²) in [6.45, 7) is 2.88. The second-order valence-electron chi connectivity index (χ2n) is 5.70. The van der Waals surface area contributed by atoms with Crippen LogP contribution in [0.1, 0.15) is 36.9 Å². The van der Waals surface area contributed by atoms with Crippen molar-refractivity contribution in [3.05, 3.63) is 35.4 Å². The van der Waals surface area contributed by atoms with Crippen LogP contribution in [0.4, 0.5) is 13.2 Å². The molecule has 0 aromatic heterocycles. The first kappa shape index (κ1) is 15.3. The van der Waals surface area contributed by atoms with E-state index in [1.54, 1.807) is 6.92 Å². The molecule has 2 rings (SSSR count). The van der Waals surface area contributed by atoms with Gasteiger partial charge in [0.05, 0.1) is 6.54 Å². The minimum Gasteiger partial charge on any atom is -0.323 e. The number of nitrogens with two attached hydrogens (primary N) is 1. The van der Waals surface area contributed by atoms with E-state index in [0.717, 1.165) is 24.0 Å². The topological polar surface area (TPSA) is 29.3 Å². The summed E-state index contributed by atoms with van der Waals surface area (Å²) in [5.74, 6) is 0. The highest BCUT2D eigenvalue weighted by molar-refractivity contribution is 5.25. The van der Waals surface area contributed by atoms with Crippen molar-refractivity contribution in [2.24, 2.45) is 5.73 Å². The van der Waals surface area contributed by atoms with Crippen LogP contribution in [-0.2, 0) is 0 Å². The molecule has 2 atom stereocenters. The highest BCUT2D eigenvalue weighted by Crippen LogP contribution is 2.34. The Morgan fingerprint density at radius 2 is 1.80 bits per heavy atom. The molecule has 0 saturated heterocycles. The highest BCUT2D eigenvalue weighted by atomic mass is 19.4. The predicted molar refractivity (Wildman–Crippen MR) is 73.4 cm³/mol. The van der Waals surface area contributed by atoms with Gasteiger partial charge in [0.1, 0.15) is 0 Å². The summed E-state index contributed by atoms with van der Waals surface area (Å²) >= 11 is 0. The van der Waals surface area contributed by atoms with Gasteiger partial charge in [0.25, 0.3) is 0 Å². The Labute approximate surface area is 117 Å². The van der Waals surface area contributed by atoms with Crippen molar-refractivity contribution in [2.75, 3.05) is 6.54 Å². The number of halogens is 3. The lowest BCUT2D eigenvalue weighted by Gasteiger charge is -2.34. The van der Waals surface area contributed by atoms with Crippen LogP contribution in [0, 0.1) is 6.92 Å². The smallest absolute Gasteiger partial charge is 0.323 e. The summed E-state index contributed by atoms with van der Waals surface area (Å²) in [6, 6.07) is 6.97. The van der Waals surface area contributed by atoms with Crippen molar-refractivity contribution < 1.29 is 13.2 Å². The molecule has 1 aliphatic carbocycles. The zero-order valence-corrected chi connectivity index (χ0v) is 11.8. The Hall–Kier alpha value is -1.07. The van der Waals surface area contributed by atoms with E-state index in [0.29, 0.717) is 0 Å². The fraction of sp³-hybridized carbons (Fsp3) is 0.600. The second-order valence-corrected chi connectivity index (χ2v) is 5.70. The predicted octanol–water partition coefficient (Wildman–Crippen LogP) is 3.41. The van der Waals surface area contributed by atoms with Gasteiger partial charge in [-0.25, -0.2) is 0 Å². The number of benzene rings is 1. The molecule has 2 unspecified atom stereocenters. The molecular formula is C15H21F3N2. The van der Waals surface area contributed by atoms with Crippen molar-refractivity contribution >= 4 is 0 Å². The summed E-state index contributed by atoms with van der Waals surface area (Å²) in [5, 5.41) is 0. The van der Waals surface area contributed by atoms with E-state index in [1.165, 1.54) is 4.90 Å². The van der Waals surface area contributed by atoms with E-state index in [9.17, 15) is 13.2 Å². The van der Waals surface area contributed by atoms with Gasteiger partial charge in [-0.2, -0.15) is 13.2 Å². The van der Waals surface area contributed by atoms with Crippen molar-refractivity contribution in [3.63, 3.8) is 0 Å². The molecule has 1 aromatic rings. The van der Waals surface area contributed by atoms with E-state index in [1.807, 2.05) is 31.2 Å². The molecule has 0 heterocycles. The Bertz CT molecular complexity index is 437. The standard InChI is InChI=1S/C15H21F3N2/c1-10-3-5-12(6-4-10)14(19)11(2)20(13-7-8-13)9-15(16,17)18/h3-6,11,13-14H,7-9,19H2,1-2H3. The zero-order valence-electron chi connectivity index (χ0n) is 11.8. The van der Waals surface area contributed by atoms with Gasteiger partial charge in [0.2, 0.25) is 0 Å². The average Bonchev–Trinajstić information content (AvgIpc) is 3.18. The third-order valence-corrected chi connectivity index (χ3v) is 3.88. The largest absolute Gasteiger partial charge is 0.401 e. The Kier molecular flexibility index (Phi) is 4.39. The zero-order chi connectivity index (χ0) is 14.9.